The molecular formula is C18H23N3O2. The minimum absolute atomic E-state index is 0.181. The average molecular weight is 313 g/mol. The predicted molar refractivity (Wildman–Crippen MR) is 88.6 cm³/mol. The third-order valence-corrected chi connectivity index (χ3v) is 4.54. The molecular weight excluding hydrogens is 290 g/mol. The van der Waals surface area contributed by atoms with E-state index < -0.39 is 0 Å². The van der Waals surface area contributed by atoms with Crippen LogP contribution in [-0.2, 0) is 11.2 Å². The van der Waals surface area contributed by atoms with Gasteiger partial charge in [-0.15, -0.1) is 0 Å². The number of piperidine rings is 1. The van der Waals surface area contributed by atoms with E-state index in [0.29, 0.717) is 12.3 Å². The van der Waals surface area contributed by atoms with Gasteiger partial charge in [-0.1, -0.05) is 12.1 Å². The van der Waals surface area contributed by atoms with Gasteiger partial charge in [0.15, 0.2) is 0 Å². The van der Waals surface area contributed by atoms with Crippen molar-refractivity contribution in [2.45, 2.75) is 32.1 Å². The number of aromatic nitrogens is 2. The Hall–Kier alpha value is -2.30. The second kappa shape index (κ2) is 6.86. The van der Waals surface area contributed by atoms with E-state index in [0.717, 1.165) is 37.2 Å². The van der Waals surface area contributed by atoms with Crippen molar-refractivity contribution >= 4 is 5.91 Å². The molecule has 1 atom stereocenters. The van der Waals surface area contributed by atoms with Gasteiger partial charge in [0.25, 0.3) is 0 Å². The molecule has 122 valence electrons. The molecule has 2 heterocycles. The highest BCUT2D eigenvalue weighted by molar-refractivity contribution is 5.79. The van der Waals surface area contributed by atoms with Crippen molar-refractivity contribution in [3.63, 3.8) is 0 Å². The molecule has 0 saturated carbocycles. The van der Waals surface area contributed by atoms with E-state index >= 15 is 0 Å². The summed E-state index contributed by atoms with van der Waals surface area (Å²) in [6.07, 6.45) is 4.41. The highest BCUT2D eigenvalue weighted by Gasteiger charge is 2.26. The summed E-state index contributed by atoms with van der Waals surface area (Å²) in [5.41, 5.74) is 3.34. The quantitative estimate of drug-likeness (QED) is 0.944. The first-order chi connectivity index (χ1) is 11.2. The number of H-pyrrole nitrogens is 1. The maximum absolute atomic E-state index is 12.6. The van der Waals surface area contributed by atoms with Gasteiger partial charge in [-0.3, -0.25) is 9.89 Å². The van der Waals surface area contributed by atoms with E-state index in [4.69, 9.17) is 4.74 Å². The first kappa shape index (κ1) is 15.6. The number of nitrogens with zero attached hydrogens (tertiary/aromatic N) is 2. The Morgan fingerprint density at radius 3 is 3.09 bits per heavy atom. The second-order valence-corrected chi connectivity index (χ2v) is 6.17. The minimum atomic E-state index is 0.181. The molecule has 0 aliphatic carbocycles. The lowest BCUT2D eigenvalue weighted by Crippen LogP contribution is -2.40. The fourth-order valence-corrected chi connectivity index (χ4v) is 3.28. The fraction of sp³-hybridized carbons (Fsp3) is 0.444. The molecule has 0 spiro atoms. The van der Waals surface area contributed by atoms with Crippen molar-refractivity contribution < 1.29 is 9.53 Å². The molecule has 0 radical (unpaired) electrons. The van der Waals surface area contributed by atoms with E-state index in [9.17, 15) is 4.79 Å². The Balaban J connectivity index is 1.66. The Labute approximate surface area is 136 Å². The third kappa shape index (κ3) is 3.55. The zero-order chi connectivity index (χ0) is 16.2. The molecule has 2 aromatic rings. The van der Waals surface area contributed by atoms with Gasteiger partial charge in [-0.05, 0) is 43.0 Å². The number of benzene rings is 1. The van der Waals surface area contributed by atoms with Crippen molar-refractivity contribution in [1.82, 2.24) is 15.1 Å². The molecule has 23 heavy (non-hydrogen) atoms. The Morgan fingerprint density at radius 1 is 1.48 bits per heavy atom. The Morgan fingerprint density at radius 2 is 2.35 bits per heavy atom. The summed E-state index contributed by atoms with van der Waals surface area (Å²) in [6.45, 7) is 3.67. The molecule has 1 aliphatic rings. The van der Waals surface area contributed by atoms with E-state index in [1.807, 2.05) is 35.4 Å². The average Bonchev–Trinajstić information content (AvgIpc) is 3.01. The normalized spacial score (nSPS) is 18.0. The summed E-state index contributed by atoms with van der Waals surface area (Å²) in [5, 5.41) is 7.21. The smallest absolute Gasteiger partial charge is 0.227 e. The van der Waals surface area contributed by atoms with Crippen LogP contribution in [0.2, 0.25) is 0 Å². The van der Waals surface area contributed by atoms with Gasteiger partial charge in [0, 0.05) is 24.7 Å². The van der Waals surface area contributed by atoms with Crippen molar-refractivity contribution in [1.29, 1.82) is 0 Å². The summed E-state index contributed by atoms with van der Waals surface area (Å²) in [6, 6.07) is 7.72. The van der Waals surface area contributed by atoms with Crippen LogP contribution in [-0.4, -0.2) is 41.2 Å². The van der Waals surface area contributed by atoms with Crippen molar-refractivity contribution in [2.24, 2.45) is 0 Å². The van der Waals surface area contributed by atoms with E-state index in [1.54, 1.807) is 7.11 Å². The van der Waals surface area contributed by atoms with Gasteiger partial charge in [-0.2, -0.15) is 5.10 Å². The Kier molecular flexibility index (Phi) is 4.65. The lowest BCUT2D eigenvalue weighted by molar-refractivity contribution is -0.131. The van der Waals surface area contributed by atoms with Crippen molar-refractivity contribution in [2.75, 3.05) is 20.2 Å². The van der Waals surface area contributed by atoms with Crippen molar-refractivity contribution in [3.05, 3.63) is 47.3 Å². The van der Waals surface area contributed by atoms with Crippen LogP contribution in [0.15, 0.2) is 30.5 Å². The maximum atomic E-state index is 12.6. The number of rotatable bonds is 4. The molecule has 5 nitrogen and oxygen atoms in total. The van der Waals surface area contributed by atoms with Gasteiger partial charge in [0.1, 0.15) is 5.75 Å². The summed E-state index contributed by atoms with van der Waals surface area (Å²) in [4.78, 5) is 14.6. The molecule has 0 unspecified atom stereocenters. The SMILES string of the molecule is COc1cccc(CC(=O)N2CCC[C@H](c3[nH]ncc3C)C2)c1. The molecule has 1 amide bonds. The van der Waals surface area contributed by atoms with E-state index in [2.05, 4.69) is 17.1 Å². The van der Waals surface area contributed by atoms with Crippen LogP contribution in [0.25, 0.3) is 0 Å². The summed E-state index contributed by atoms with van der Waals surface area (Å²) >= 11 is 0. The lowest BCUT2D eigenvalue weighted by Gasteiger charge is -2.32. The zero-order valence-electron chi connectivity index (χ0n) is 13.7. The maximum Gasteiger partial charge on any atom is 0.227 e. The predicted octanol–water partition coefficient (Wildman–Crippen LogP) is 2.68. The van der Waals surface area contributed by atoms with E-state index in [-0.39, 0.29) is 5.91 Å². The van der Waals surface area contributed by atoms with Crippen LogP contribution < -0.4 is 4.74 Å². The number of methoxy groups -OCH3 is 1. The van der Waals surface area contributed by atoms with Gasteiger partial charge < -0.3 is 9.64 Å². The van der Waals surface area contributed by atoms with Gasteiger partial charge in [0.2, 0.25) is 5.91 Å². The molecule has 1 aliphatic heterocycles. The monoisotopic (exact) mass is 313 g/mol. The molecule has 1 aromatic heterocycles. The van der Waals surface area contributed by atoms with Crippen LogP contribution in [0.3, 0.4) is 0 Å². The molecule has 5 heteroatoms. The third-order valence-electron chi connectivity index (χ3n) is 4.54. The summed E-state index contributed by atoms with van der Waals surface area (Å²) in [5.74, 6) is 1.33. The van der Waals surface area contributed by atoms with Crippen molar-refractivity contribution in [3.8, 4) is 5.75 Å². The zero-order valence-corrected chi connectivity index (χ0v) is 13.7. The number of aromatic amines is 1. The second-order valence-electron chi connectivity index (χ2n) is 6.17. The molecule has 1 aromatic carbocycles. The van der Waals surface area contributed by atoms with Crippen LogP contribution in [0.1, 0.15) is 35.6 Å². The highest BCUT2D eigenvalue weighted by Crippen LogP contribution is 2.27. The Bertz CT molecular complexity index is 680. The molecule has 1 saturated heterocycles. The van der Waals surface area contributed by atoms with Crippen LogP contribution >= 0.6 is 0 Å². The number of hydrogen-bond donors (Lipinski definition) is 1. The molecule has 3 rings (SSSR count). The summed E-state index contributed by atoms with van der Waals surface area (Å²) < 4.78 is 5.23. The number of aryl methyl sites for hydroxylation is 1. The largest absolute Gasteiger partial charge is 0.497 e. The van der Waals surface area contributed by atoms with Gasteiger partial charge >= 0.3 is 0 Å². The highest BCUT2D eigenvalue weighted by atomic mass is 16.5. The molecule has 0 bridgehead atoms. The van der Waals surface area contributed by atoms with Crippen LogP contribution in [0.5, 0.6) is 5.75 Å². The number of carbonyl (C=O) groups is 1. The lowest BCUT2D eigenvalue weighted by atomic mass is 9.92. The number of ether oxygens (including phenoxy) is 1. The van der Waals surface area contributed by atoms with Crippen LogP contribution in [0.4, 0.5) is 0 Å². The number of amides is 1. The number of carbonyl (C=O) groups excluding carboxylic acids is 1. The first-order valence-electron chi connectivity index (χ1n) is 8.08. The van der Waals surface area contributed by atoms with Crippen LogP contribution in [0, 0.1) is 6.92 Å². The number of nitrogens with one attached hydrogen (secondary N) is 1. The fourth-order valence-electron chi connectivity index (χ4n) is 3.28. The van der Waals surface area contributed by atoms with E-state index in [1.165, 1.54) is 11.3 Å². The molecule has 1 fully saturated rings. The molecule has 1 N–H and O–H groups in total. The standard InChI is InChI=1S/C18H23N3O2/c1-13-11-19-20-18(13)15-6-4-8-21(12-15)17(22)10-14-5-3-7-16(9-14)23-2/h3,5,7,9,11,15H,4,6,8,10,12H2,1-2H3,(H,19,20)/t15-/m0/s1. The number of likely N-dealkylation sites (tertiary alicyclic amines) is 1. The minimum Gasteiger partial charge on any atom is -0.497 e. The van der Waals surface area contributed by atoms with Gasteiger partial charge in [-0.25, -0.2) is 0 Å². The number of hydrogen-bond acceptors (Lipinski definition) is 3. The van der Waals surface area contributed by atoms with Gasteiger partial charge in [0.05, 0.1) is 19.7 Å². The first-order valence-corrected chi connectivity index (χ1v) is 8.08. The topological polar surface area (TPSA) is 58.2 Å². The summed E-state index contributed by atoms with van der Waals surface area (Å²) in [7, 11) is 1.64.